The summed E-state index contributed by atoms with van der Waals surface area (Å²) in [6, 6.07) is 7.90. The molecule has 0 aliphatic rings. The topological polar surface area (TPSA) is 53.5 Å². The van der Waals surface area contributed by atoms with Crippen LogP contribution in [0, 0.1) is 0 Å². The van der Waals surface area contributed by atoms with Crippen molar-refractivity contribution in [1.82, 2.24) is 9.97 Å². The van der Waals surface area contributed by atoms with E-state index in [9.17, 15) is 0 Å². The lowest BCUT2D eigenvalue weighted by atomic mass is 10.2. The first-order valence-electron chi connectivity index (χ1n) is 11.7. The van der Waals surface area contributed by atoms with E-state index >= 15 is 0 Å². The summed E-state index contributed by atoms with van der Waals surface area (Å²) in [7, 11) is 0. The molecule has 170 valence electrons. The lowest BCUT2D eigenvalue weighted by Gasteiger charge is -2.08. The number of allylic oxidation sites excluding steroid dienone is 1. The van der Waals surface area contributed by atoms with Gasteiger partial charge in [-0.05, 0) is 49.9 Å². The Labute approximate surface area is 187 Å². The molecule has 2 rings (SSSR count). The maximum Gasteiger partial charge on any atom is 0.159 e. The summed E-state index contributed by atoms with van der Waals surface area (Å²) in [6.07, 6.45) is 16.8. The van der Waals surface area contributed by atoms with Crippen LogP contribution in [0.5, 0.6) is 11.5 Å². The van der Waals surface area contributed by atoms with Crippen molar-refractivity contribution in [2.45, 2.75) is 65.2 Å². The summed E-state index contributed by atoms with van der Waals surface area (Å²) >= 11 is 0. The first kappa shape index (κ1) is 24.9. The summed E-state index contributed by atoms with van der Waals surface area (Å²) < 4.78 is 17.1. The van der Waals surface area contributed by atoms with Crippen LogP contribution in [-0.4, -0.2) is 36.4 Å². The van der Waals surface area contributed by atoms with E-state index in [-0.39, 0.29) is 0 Å². The minimum absolute atomic E-state index is 0.545. The quantitative estimate of drug-likeness (QED) is 0.210. The summed E-state index contributed by atoms with van der Waals surface area (Å²) in [5, 5.41) is 0. The molecule has 1 aromatic carbocycles. The normalized spacial score (nSPS) is 11.2. The predicted octanol–water partition coefficient (Wildman–Crippen LogP) is 6.63. The highest BCUT2D eigenvalue weighted by Gasteiger charge is 2.03. The second-order valence-corrected chi connectivity index (χ2v) is 7.57. The minimum Gasteiger partial charge on any atom is -0.494 e. The highest BCUT2D eigenvalue weighted by molar-refractivity contribution is 5.56. The second-order valence-electron chi connectivity index (χ2n) is 7.57. The molecule has 5 nitrogen and oxygen atoms in total. The molecular formula is C26H38N2O3. The minimum atomic E-state index is 0.545. The van der Waals surface area contributed by atoms with E-state index in [0.717, 1.165) is 50.2 Å². The molecule has 0 fully saturated rings. The zero-order valence-corrected chi connectivity index (χ0v) is 19.2. The van der Waals surface area contributed by atoms with Gasteiger partial charge in [0.25, 0.3) is 0 Å². The van der Waals surface area contributed by atoms with E-state index in [4.69, 9.17) is 14.2 Å². The average molecular weight is 427 g/mol. The van der Waals surface area contributed by atoms with Gasteiger partial charge >= 0.3 is 0 Å². The smallest absolute Gasteiger partial charge is 0.159 e. The molecule has 1 heterocycles. The molecule has 0 N–H and O–H groups in total. The fourth-order valence-corrected chi connectivity index (χ4v) is 2.94. The van der Waals surface area contributed by atoms with Crippen molar-refractivity contribution in [3.05, 3.63) is 48.8 Å². The largest absolute Gasteiger partial charge is 0.494 e. The summed E-state index contributed by atoms with van der Waals surface area (Å²) in [6.45, 7) is 7.34. The van der Waals surface area contributed by atoms with Crippen molar-refractivity contribution >= 4 is 0 Å². The lowest BCUT2D eigenvalue weighted by Crippen LogP contribution is -2.02. The third-order valence-corrected chi connectivity index (χ3v) is 4.82. The van der Waals surface area contributed by atoms with Crippen LogP contribution in [0.4, 0.5) is 0 Å². The molecule has 5 heteroatoms. The lowest BCUT2D eigenvalue weighted by molar-refractivity contribution is 0.123. The van der Waals surface area contributed by atoms with Gasteiger partial charge in [-0.2, -0.15) is 0 Å². The summed E-state index contributed by atoms with van der Waals surface area (Å²) in [5.74, 6) is 2.22. The second kappa shape index (κ2) is 16.3. The van der Waals surface area contributed by atoms with Crippen LogP contribution >= 0.6 is 0 Å². The van der Waals surface area contributed by atoms with Gasteiger partial charge in [-0.25, -0.2) is 9.97 Å². The van der Waals surface area contributed by atoms with Gasteiger partial charge in [0.05, 0.1) is 19.0 Å². The van der Waals surface area contributed by atoms with Crippen molar-refractivity contribution in [1.29, 1.82) is 0 Å². The number of aromatic nitrogens is 2. The molecule has 0 unspecified atom stereocenters. The van der Waals surface area contributed by atoms with E-state index < -0.39 is 0 Å². The molecular weight excluding hydrogens is 388 g/mol. The number of ether oxygens (including phenoxy) is 3. The number of hydrogen-bond acceptors (Lipinski definition) is 5. The van der Waals surface area contributed by atoms with Gasteiger partial charge < -0.3 is 14.2 Å². The zero-order chi connectivity index (χ0) is 22.0. The maximum atomic E-state index is 5.82. The monoisotopic (exact) mass is 426 g/mol. The van der Waals surface area contributed by atoms with Crippen molar-refractivity contribution in [3.8, 4) is 22.9 Å². The van der Waals surface area contributed by atoms with E-state index in [1.54, 1.807) is 12.4 Å². The fourth-order valence-electron chi connectivity index (χ4n) is 2.94. The third-order valence-electron chi connectivity index (χ3n) is 4.82. The first-order chi connectivity index (χ1) is 15.3. The number of nitrogens with zero attached hydrogens (tertiary/aromatic N) is 2. The Bertz CT molecular complexity index is 714. The van der Waals surface area contributed by atoms with Crippen LogP contribution in [-0.2, 0) is 4.74 Å². The molecule has 31 heavy (non-hydrogen) atoms. The Morgan fingerprint density at radius 1 is 0.710 bits per heavy atom. The fraction of sp³-hybridized carbons (Fsp3) is 0.538. The Morgan fingerprint density at radius 2 is 1.39 bits per heavy atom. The number of hydrogen-bond donors (Lipinski definition) is 0. The van der Waals surface area contributed by atoms with Crippen LogP contribution in [0.3, 0.4) is 0 Å². The highest BCUT2D eigenvalue weighted by Crippen LogP contribution is 2.20. The van der Waals surface area contributed by atoms with E-state index in [1.165, 1.54) is 25.7 Å². The molecule has 2 aromatic rings. The van der Waals surface area contributed by atoms with E-state index in [2.05, 4.69) is 29.9 Å². The van der Waals surface area contributed by atoms with Crippen molar-refractivity contribution in [2.24, 2.45) is 0 Å². The van der Waals surface area contributed by atoms with E-state index in [1.807, 2.05) is 30.3 Å². The van der Waals surface area contributed by atoms with Crippen molar-refractivity contribution in [2.75, 3.05) is 26.4 Å². The Kier molecular flexibility index (Phi) is 13.1. The predicted molar refractivity (Wildman–Crippen MR) is 127 cm³/mol. The average Bonchev–Trinajstić information content (AvgIpc) is 2.81. The van der Waals surface area contributed by atoms with Gasteiger partial charge in [0, 0.05) is 18.8 Å². The molecule has 0 spiro atoms. The zero-order valence-electron chi connectivity index (χ0n) is 19.2. The number of rotatable bonds is 17. The van der Waals surface area contributed by atoms with Gasteiger partial charge in [0.1, 0.15) is 12.4 Å². The van der Waals surface area contributed by atoms with Gasteiger partial charge in [0.15, 0.2) is 11.6 Å². The Balaban J connectivity index is 1.65. The molecule has 1 aromatic heterocycles. The Morgan fingerprint density at radius 3 is 2.10 bits per heavy atom. The molecule has 0 saturated carbocycles. The van der Waals surface area contributed by atoms with Gasteiger partial charge in [-0.1, -0.05) is 51.7 Å². The summed E-state index contributed by atoms with van der Waals surface area (Å²) in [4.78, 5) is 8.83. The van der Waals surface area contributed by atoms with Crippen LogP contribution in [0.15, 0.2) is 48.8 Å². The molecule has 0 saturated heterocycles. The summed E-state index contributed by atoms with van der Waals surface area (Å²) in [5.41, 5.74) is 0.957. The van der Waals surface area contributed by atoms with Crippen molar-refractivity contribution < 1.29 is 14.2 Å². The molecule has 0 amide bonds. The van der Waals surface area contributed by atoms with Crippen LogP contribution in [0.25, 0.3) is 11.4 Å². The van der Waals surface area contributed by atoms with Gasteiger partial charge in [0.2, 0.25) is 0 Å². The molecule has 0 aliphatic heterocycles. The number of benzene rings is 1. The molecule has 0 aliphatic carbocycles. The third kappa shape index (κ3) is 11.0. The standard InChI is InChI=1S/C26H38N2O3/c1-3-5-7-8-10-19-31-25-21-27-26(28-22-25)23-13-15-24(16-14-23)30-20-12-11-18-29-17-9-6-4-2/h8,10,13-16,21-22H,3-7,9,11-12,17-20H2,1-2H3. The number of unbranched alkanes of at least 4 members (excludes halogenated alkanes) is 5. The van der Waals surface area contributed by atoms with E-state index in [0.29, 0.717) is 24.8 Å². The highest BCUT2D eigenvalue weighted by atomic mass is 16.5. The van der Waals surface area contributed by atoms with Gasteiger partial charge in [-0.15, -0.1) is 0 Å². The SMILES string of the molecule is CCCCC=CCOc1cnc(-c2ccc(OCCCCOCCCCC)cc2)nc1. The van der Waals surface area contributed by atoms with Crippen LogP contribution < -0.4 is 9.47 Å². The molecule has 0 radical (unpaired) electrons. The van der Waals surface area contributed by atoms with Gasteiger partial charge in [-0.3, -0.25) is 0 Å². The van der Waals surface area contributed by atoms with Crippen LogP contribution in [0.2, 0.25) is 0 Å². The van der Waals surface area contributed by atoms with Crippen molar-refractivity contribution in [3.63, 3.8) is 0 Å². The Hall–Kier alpha value is -2.40. The van der Waals surface area contributed by atoms with Crippen LogP contribution in [0.1, 0.15) is 65.2 Å². The maximum absolute atomic E-state index is 5.82. The molecule has 0 bridgehead atoms. The first-order valence-corrected chi connectivity index (χ1v) is 11.7. The molecule has 0 atom stereocenters.